The molecule has 0 saturated carbocycles. The Morgan fingerprint density at radius 1 is 1.83 bits per heavy atom. The molecule has 0 amide bonds. The monoisotopic (exact) mass is 190 g/mol. The molecule has 2 unspecified atom stereocenters. The molecule has 0 aromatic carbocycles. The van der Waals surface area contributed by atoms with Gasteiger partial charge in [-0.05, 0) is 13.3 Å². The van der Waals surface area contributed by atoms with Crippen molar-refractivity contribution in [3.63, 3.8) is 0 Å². The highest BCUT2D eigenvalue weighted by Gasteiger charge is 2.27. The molecule has 2 atom stereocenters. The van der Waals surface area contributed by atoms with Crippen LogP contribution in [0.1, 0.15) is 19.8 Å². The van der Waals surface area contributed by atoms with Crippen molar-refractivity contribution in [3.8, 4) is 0 Å². The molecule has 1 rings (SSSR count). The molecule has 1 aliphatic carbocycles. The molecular weight excluding hydrogens is 175 g/mol. The predicted octanol–water partition coefficient (Wildman–Crippen LogP) is 1.97. The van der Waals surface area contributed by atoms with Crippen LogP contribution in [0.15, 0.2) is 11.4 Å². The van der Waals surface area contributed by atoms with E-state index in [0.29, 0.717) is 19.4 Å². The van der Waals surface area contributed by atoms with Crippen molar-refractivity contribution >= 4 is 7.37 Å². The maximum Gasteiger partial charge on any atom is 0.225 e. The zero-order valence-electron chi connectivity index (χ0n) is 7.49. The maximum atomic E-state index is 11.8. The quantitative estimate of drug-likeness (QED) is 0.692. The van der Waals surface area contributed by atoms with Gasteiger partial charge in [-0.1, -0.05) is 6.08 Å². The van der Waals surface area contributed by atoms with E-state index in [1.807, 2.05) is 13.0 Å². The molecule has 12 heavy (non-hydrogen) atoms. The lowest BCUT2D eigenvalue weighted by molar-refractivity contribution is 0.188. The largest absolute Gasteiger partial charge is 0.392 e. The van der Waals surface area contributed by atoms with Crippen LogP contribution >= 0.6 is 7.37 Å². The lowest BCUT2D eigenvalue weighted by Gasteiger charge is -2.13. The van der Waals surface area contributed by atoms with Gasteiger partial charge in [0.25, 0.3) is 0 Å². The Morgan fingerprint density at radius 2 is 2.50 bits per heavy atom. The van der Waals surface area contributed by atoms with Gasteiger partial charge in [-0.3, -0.25) is 4.57 Å². The van der Waals surface area contributed by atoms with Crippen molar-refractivity contribution < 1.29 is 14.2 Å². The van der Waals surface area contributed by atoms with Gasteiger partial charge in [-0.2, -0.15) is 0 Å². The van der Waals surface area contributed by atoms with Crippen molar-refractivity contribution in [2.45, 2.75) is 25.9 Å². The minimum absolute atomic E-state index is 0.353. The molecule has 0 heterocycles. The summed E-state index contributed by atoms with van der Waals surface area (Å²) in [7, 11) is -2.58. The highest BCUT2D eigenvalue weighted by molar-refractivity contribution is 7.62. The topological polar surface area (TPSA) is 46.5 Å². The molecule has 70 valence electrons. The summed E-state index contributed by atoms with van der Waals surface area (Å²) in [6.45, 7) is 3.89. The van der Waals surface area contributed by atoms with E-state index in [-0.39, 0.29) is 6.10 Å². The van der Waals surface area contributed by atoms with E-state index in [4.69, 9.17) is 4.52 Å². The summed E-state index contributed by atoms with van der Waals surface area (Å²) >= 11 is 0. The number of hydrogen-bond acceptors (Lipinski definition) is 3. The minimum atomic E-state index is -2.58. The van der Waals surface area contributed by atoms with Crippen LogP contribution < -0.4 is 0 Å². The summed E-state index contributed by atoms with van der Waals surface area (Å²) in [6.07, 6.45) is 2.60. The van der Waals surface area contributed by atoms with E-state index in [0.717, 1.165) is 5.31 Å². The van der Waals surface area contributed by atoms with Crippen LogP contribution in [-0.4, -0.2) is 24.5 Å². The Balaban J connectivity index is 2.64. The Labute approximate surface area is 72.9 Å². The van der Waals surface area contributed by atoms with Crippen molar-refractivity contribution in [1.82, 2.24) is 0 Å². The second-order valence-electron chi connectivity index (χ2n) is 3.05. The van der Waals surface area contributed by atoms with Gasteiger partial charge in [-0.15, -0.1) is 0 Å². The van der Waals surface area contributed by atoms with Crippen LogP contribution in [0.25, 0.3) is 0 Å². The van der Waals surface area contributed by atoms with E-state index >= 15 is 0 Å². The zero-order chi connectivity index (χ0) is 9.19. The molecule has 1 N–H and O–H groups in total. The van der Waals surface area contributed by atoms with Crippen molar-refractivity contribution in [1.29, 1.82) is 0 Å². The molecule has 0 aromatic rings. The normalized spacial score (nSPS) is 28.2. The van der Waals surface area contributed by atoms with Crippen molar-refractivity contribution in [2.24, 2.45) is 0 Å². The Hall–Kier alpha value is -0.110. The summed E-state index contributed by atoms with van der Waals surface area (Å²) in [5, 5.41) is 9.99. The van der Waals surface area contributed by atoms with Gasteiger partial charge in [0, 0.05) is 18.4 Å². The molecule has 0 saturated heterocycles. The summed E-state index contributed by atoms with van der Waals surface area (Å²) < 4.78 is 16.9. The summed E-state index contributed by atoms with van der Waals surface area (Å²) in [5.74, 6) is 0. The fourth-order valence-electron chi connectivity index (χ4n) is 1.34. The fourth-order valence-corrected chi connectivity index (χ4v) is 2.98. The number of aliphatic hydroxyl groups excluding tert-OH is 1. The number of hydrogen-bond donors (Lipinski definition) is 1. The molecular formula is C8H15O3P. The summed E-state index contributed by atoms with van der Waals surface area (Å²) in [6, 6.07) is 0. The maximum absolute atomic E-state index is 11.8. The van der Waals surface area contributed by atoms with E-state index in [9.17, 15) is 9.67 Å². The molecule has 0 spiro atoms. The van der Waals surface area contributed by atoms with Gasteiger partial charge < -0.3 is 9.63 Å². The molecule has 0 radical (unpaired) electrons. The lowest BCUT2D eigenvalue weighted by Crippen LogP contribution is -1.99. The first-order valence-electron chi connectivity index (χ1n) is 4.16. The van der Waals surface area contributed by atoms with E-state index < -0.39 is 7.37 Å². The first-order valence-corrected chi connectivity index (χ1v) is 6.23. The molecule has 0 aliphatic heterocycles. The second-order valence-corrected chi connectivity index (χ2v) is 5.58. The average molecular weight is 190 g/mol. The lowest BCUT2D eigenvalue weighted by atomic mass is 10.3. The standard InChI is InChI=1S/C8H15O3P/c1-3-11-12(2,10)8-5-4-7(9)6-8/h5,7,9H,3-4,6H2,1-2H3. The molecule has 3 nitrogen and oxygen atoms in total. The third-order valence-electron chi connectivity index (χ3n) is 1.97. The Bertz CT molecular complexity index is 234. The van der Waals surface area contributed by atoms with E-state index in [2.05, 4.69) is 0 Å². The molecule has 0 fully saturated rings. The second kappa shape index (κ2) is 3.73. The highest BCUT2D eigenvalue weighted by atomic mass is 31.2. The van der Waals surface area contributed by atoms with Crippen LogP contribution in [0, 0.1) is 0 Å². The van der Waals surface area contributed by atoms with Crippen LogP contribution in [0.5, 0.6) is 0 Å². The third-order valence-corrected chi connectivity index (χ3v) is 4.13. The fraction of sp³-hybridized carbons (Fsp3) is 0.750. The van der Waals surface area contributed by atoms with E-state index in [1.165, 1.54) is 0 Å². The van der Waals surface area contributed by atoms with Crippen LogP contribution in [0.4, 0.5) is 0 Å². The highest BCUT2D eigenvalue weighted by Crippen LogP contribution is 2.55. The van der Waals surface area contributed by atoms with Crippen molar-refractivity contribution in [3.05, 3.63) is 11.4 Å². The summed E-state index contributed by atoms with van der Waals surface area (Å²) in [4.78, 5) is 0. The number of rotatable bonds is 3. The molecule has 0 aromatic heterocycles. The molecule has 4 heteroatoms. The third kappa shape index (κ3) is 2.19. The summed E-state index contributed by atoms with van der Waals surface area (Å²) in [5.41, 5.74) is 0. The van der Waals surface area contributed by atoms with Gasteiger partial charge in [0.05, 0.1) is 12.7 Å². The first kappa shape index (κ1) is 9.97. The Kier molecular flexibility index (Phi) is 3.10. The first-order chi connectivity index (χ1) is 5.56. The minimum Gasteiger partial charge on any atom is -0.392 e. The van der Waals surface area contributed by atoms with Gasteiger partial charge in [0.15, 0.2) is 0 Å². The molecule has 1 aliphatic rings. The molecule has 0 bridgehead atoms. The van der Waals surface area contributed by atoms with Gasteiger partial charge in [0.1, 0.15) is 0 Å². The van der Waals surface area contributed by atoms with Crippen LogP contribution in [-0.2, 0) is 9.09 Å². The van der Waals surface area contributed by atoms with E-state index in [1.54, 1.807) is 6.66 Å². The van der Waals surface area contributed by atoms with Gasteiger partial charge in [0.2, 0.25) is 7.37 Å². The average Bonchev–Trinajstić information content (AvgIpc) is 2.36. The number of aliphatic hydroxyl groups is 1. The zero-order valence-corrected chi connectivity index (χ0v) is 8.38. The van der Waals surface area contributed by atoms with Gasteiger partial charge >= 0.3 is 0 Å². The Morgan fingerprint density at radius 3 is 2.92 bits per heavy atom. The SMILES string of the molecule is CCOP(C)(=O)C1=CCC(O)C1. The predicted molar refractivity (Wildman–Crippen MR) is 48.5 cm³/mol. The van der Waals surface area contributed by atoms with Gasteiger partial charge in [-0.25, -0.2) is 0 Å². The van der Waals surface area contributed by atoms with Crippen LogP contribution in [0.2, 0.25) is 0 Å². The smallest absolute Gasteiger partial charge is 0.225 e. The van der Waals surface area contributed by atoms with Crippen LogP contribution in [0.3, 0.4) is 0 Å². The van der Waals surface area contributed by atoms with Crippen molar-refractivity contribution in [2.75, 3.05) is 13.3 Å².